The second kappa shape index (κ2) is 5.90. The Balaban J connectivity index is 1.68. The zero-order valence-electron chi connectivity index (χ0n) is 13.7. The molecule has 0 spiro atoms. The summed E-state index contributed by atoms with van der Waals surface area (Å²) in [5.41, 5.74) is 4.85. The van der Waals surface area contributed by atoms with Gasteiger partial charge in [-0.25, -0.2) is 4.79 Å². The fourth-order valence-electron chi connectivity index (χ4n) is 2.74. The van der Waals surface area contributed by atoms with E-state index in [1.165, 1.54) is 7.11 Å². The van der Waals surface area contributed by atoms with Crippen LogP contribution in [-0.2, 0) is 4.74 Å². The molecule has 4 rings (SSSR count). The number of aromatic amines is 1. The summed E-state index contributed by atoms with van der Waals surface area (Å²) in [6.45, 7) is 2.03. The number of rotatable bonds is 3. The summed E-state index contributed by atoms with van der Waals surface area (Å²) in [6, 6.07) is 14.9. The predicted molar refractivity (Wildman–Crippen MR) is 93.1 cm³/mol. The van der Waals surface area contributed by atoms with Crippen LogP contribution in [0.25, 0.3) is 33.6 Å². The number of aryl methyl sites for hydroxylation is 1. The monoisotopic (exact) mass is 333 g/mol. The minimum atomic E-state index is -0.370. The van der Waals surface area contributed by atoms with Gasteiger partial charge in [-0.15, -0.1) is 0 Å². The highest BCUT2D eigenvalue weighted by Crippen LogP contribution is 2.30. The lowest BCUT2D eigenvalue weighted by atomic mass is 10.1. The second-order valence-corrected chi connectivity index (χ2v) is 5.77. The molecule has 25 heavy (non-hydrogen) atoms. The summed E-state index contributed by atoms with van der Waals surface area (Å²) in [6.07, 6.45) is 0. The summed E-state index contributed by atoms with van der Waals surface area (Å²) in [5.74, 6) is 0.216. The fourth-order valence-corrected chi connectivity index (χ4v) is 2.74. The number of H-pyrrole nitrogens is 1. The van der Waals surface area contributed by atoms with Gasteiger partial charge in [0.2, 0.25) is 0 Å². The standard InChI is InChI=1S/C19H15N3O3/c1-11-3-8-14-16(9-11)20-21-18(14)17-10-15(22-25-17)12-4-6-13(7-5-12)19(23)24-2/h3-10H,1-2H3,(H,20,21). The molecule has 1 N–H and O–H groups in total. The lowest BCUT2D eigenvalue weighted by molar-refractivity contribution is 0.0601. The number of ether oxygens (including phenoxy) is 1. The number of nitrogens with one attached hydrogen (secondary N) is 1. The zero-order chi connectivity index (χ0) is 17.4. The van der Waals surface area contributed by atoms with Crippen LogP contribution in [0.15, 0.2) is 53.1 Å². The molecule has 6 heteroatoms. The van der Waals surface area contributed by atoms with Gasteiger partial charge >= 0.3 is 5.97 Å². The molecule has 6 nitrogen and oxygen atoms in total. The molecule has 0 amide bonds. The van der Waals surface area contributed by atoms with Gasteiger partial charge in [0.25, 0.3) is 0 Å². The van der Waals surface area contributed by atoms with E-state index in [2.05, 4.69) is 15.4 Å². The van der Waals surface area contributed by atoms with Gasteiger partial charge in [-0.1, -0.05) is 29.4 Å². The summed E-state index contributed by atoms with van der Waals surface area (Å²) in [7, 11) is 1.36. The molecule has 4 aromatic rings. The Morgan fingerprint density at radius 1 is 1.12 bits per heavy atom. The molecule has 0 aliphatic heterocycles. The van der Waals surface area contributed by atoms with Crippen molar-refractivity contribution >= 4 is 16.9 Å². The lowest BCUT2D eigenvalue weighted by Gasteiger charge is -1.99. The first-order chi connectivity index (χ1) is 12.2. The Bertz CT molecular complexity index is 1060. The zero-order valence-corrected chi connectivity index (χ0v) is 13.7. The van der Waals surface area contributed by atoms with E-state index >= 15 is 0 Å². The topological polar surface area (TPSA) is 81.0 Å². The van der Waals surface area contributed by atoms with Crippen LogP contribution in [0.5, 0.6) is 0 Å². The Labute approximate surface area is 143 Å². The van der Waals surface area contributed by atoms with Crippen LogP contribution in [0.3, 0.4) is 0 Å². The summed E-state index contributed by atoms with van der Waals surface area (Å²) < 4.78 is 10.2. The van der Waals surface area contributed by atoms with Gasteiger partial charge in [0.05, 0.1) is 18.2 Å². The van der Waals surface area contributed by atoms with Crippen LogP contribution >= 0.6 is 0 Å². The normalized spacial score (nSPS) is 11.0. The van der Waals surface area contributed by atoms with Crippen LogP contribution in [0, 0.1) is 6.92 Å². The average Bonchev–Trinajstić information content (AvgIpc) is 3.27. The molecule has 0 radical (unpaired) electrons. The molecule has 0 atom stereocenters. The van der Waals surface area contributed by atoms with E-state index in [-0.39, 0.29) is 5.97 Å². The third-order valence-corrected chi connectivity index (χ3v) is 4.06. The molecule has 0 bridgehead atoms. The molecule has 0 aliphatic rings. The predicted octanol–water partition coefficient (Wildman–Crippen LogP) is 3.98. The van der Waals surface area contributed by atoms with Gasteiger partial charge in [0.15, 0.2) is 5.76 Å². The maximum absolute atomic E-state index is 11.5. The van der Waals surface area contributed by atoms with Gasteiger partial charge < -0.3 is 9.26 Å². The van der Waals surface area contributed by atoms with Gasteiger partial charge in [0, 0.05) is 17.0 Å². The molecule has 0 aliphatic carbocycles. The van der Waals surface area contributed by atoms with E-state index in [0.717, 1.165) is 27.7 Å². The minimum absolute atomic E-state index is 0.370. The van der Waals surface area contributed by atoms with Crippen molar-refractivity contribution in [1.82, 2.24) is 15.4 Å². The van der Waals surface area contributed by atoms with Crippen molar-refractivity contribution in [2.45, 2.75) is 6.92 Å². The van der Waals surface area contributed by atoms with Crippen molar-refractivity contribution in [3.8, 4) is 22.7 Å². The third-order valence-electron chi connectivity index (χ3n) is 4.06. The van der Waals surface area contributed by atoms with E-state index in [1.807, 2.05) is 31.2 Å². The Hall–Kier alpha value is -3.41. The van der Waals surface area contributed by atoms with E-state index in [4.69, 9.17) is 9.26 Å². The third kappa shape index (κ3) is 2.67. The lowest BCUT2D eigenvalue weighted by Crippen LogP contribution is -2.00. The molecule has 0 unspecified atom stereocenters. The summed E-state index contributed by atoms with van der Waals surface area (Å²) in [5, 5.41) is 12.5. The second-order valence-electron chi connectivity index (χ2n) is 5.77. The molecule has 0 fully saturated rings. The summed E-state index contributed by atoms with van der Waals surface area (Å²) >= 11 is 0. The van der Waals surface area contributed by atoms with E-state index in [0.29, 0.717) is 17.0 Å². The highest BCUT2D eigenvalue weighted by atomic mass is 16.5. The quantitative estimate of drug-likeness (QED) is 0.574. The number of carbonyl (C=O) groups is 1. The minimum Gasteiger partial charge on any atom is -0.465 e. The molecular formula is C19H15N3O3. The highest BCUT2D eigenvalue weighted by Gasteiger charge is 2.15. The average molecular weight is 333 g/mol. The van der Waals surface area contributed by atoms with Crippen molar-refractivity contribution in [3.05, 3.63) is 59.7 Å². The Kier molecular flexibility index (Phi) is 3.57. The molecule has 2 heterocycles. The molecular weight excluding hydrogens is 318 g/mol. The largest absolute Gasteiger partial charge is 0.465 e. The van der Waals surface area contributed by atoms with Gasteiger partial charge in [-0.05, 0) is 30.7 Å². The van der Waals surface area contributed by atoms with Crippen molar-refractivity contribution in [1.29, 1.82) is 0 Å². The number of hydrogen-bond donors (Lipinski definition) is 1. The van der Waals surface area contributed by atoms with E-state index < -0.39 is 0 Å². The Morgan fingerprint density at radius 3 is 2.68 bits per heavy atom. The van der Waals surface area contributed by atoms with Crippen molar-refractivity contribution < 1.29 is 14.1 Å². The number of nitrogens with zero attached hydrogens (tertiary/aromatic N) is 2. The fraction of sp³-hybridized carbons (Fsp3) is 0.105. The molecule has 0 saturated heterocycles. The smallest absolute Gasteiger partial charge is 0.337 e. The van der Waals surface area contributed by atoms with Gasteiger partial charge in [-0.2, -0.15) is 5.10 Å². The molecule has 124 valence electrons. The maximum atomic E-state index is 11.5. The van der Waals surface area contributed by atoms with Crippen molar-refractivity contribution in [2.75, 3.05) is 7.11 Å². The molecule has 0 saturated carbocycles. The van der Waals surface area contributed by atoms with Crippen LogP contribution in [0.1, 0.15) is 15.9 Å². The number of aromatic nitrogens is 3. The maximum Gasteiger partial charge on any atom is 0.337 e. The number of hydrogen-bond acceptors (Lipinski definition) is 5. The number of methoxy groups -OCH3 is 1. The van der Waals surface area contributed by atoms with Gasteiger partial charge in [0.1, 0.15) is 11.4 Å². The number of benzene rings is 2. The highest BCUT2D eigenvalue weighted by molar-refractivity contribution is 5.92. The molecule has 2 aromatic heterocycles. The van der Waals surface area contributed by atoms with Crippen LogP contribution in [-0.4, -0.2) is 28.4 Å². The first-order valence-corrected chi connectivity index (χ1v) is 7.76. The van der Waals surface area contributed by atoms with Crippen molar-refractivity contribution in [3.63, 3.8) is 0 Å². The number of fused-ring (bicyclic) bond motifs is 1. The number of esters is 1. The van der Waals surface area contributed by atoms with E-state index in [9.17, 15) is 4.79 Å². The first kappa shape index (κ1) is 15.1. The van der Waals surface area contributed by atoms with Gasteiger partial charge in [-0.3, -0.25) is 5.10 Å². The molecule has 2 aromatic carbocycles. The van der Waals surface area contributed by atoms with E-state index in [1.54, 1.807) is 24.3 Å². The first-order valence-electron chi connectivity index (χ1n) is 7.76. The van der Waals surface area contributed by atoms with Crippen LogP contribution < -0.4 is 0 Å². The van der Waals surface area contributed by atoms with Crippen molar-refractivity contribution in [2.24, 2.45) is 0 Å². The summed E-state index contributed by atoms with van der Waals surface area (Å²) in [4.78, 5) is 11.5. The van der Waals surface area contributed by atoms with Crippen LogP contribution in [0.2, 0.25) is 0 Å². The van der Waals surface area contributed by atoms with Crippen LogP contribution in [0.4, 0.5) is 0 Å². The number of carbonyl (C=O) groups excluding carboxylic acids is 1. The Morgan fingerprint density at radius 2 is 1.92 bits per heavy atom. The SMILES string of the molecule is COC(=O)c1ccc(-c2cc(-c3n[nH]c4cc(C)ccc34)on2)cc1.